The Morgan fingerprint density at radius 3 is 2.53 bits per heavy atom. The van der Waals surface area contributed by atoms with Gasteiger partial charge in [-0.15, -0.1) is 0 Å². The van der Waals surface area contributed by atoms with Crippen molar-refractivity contribution >= 4 is 34.4 Å². The number of thiocarbonyl (C=S) groups is 1. The second-order valence-corrected chi connectivity index (χ2v) is 7.27. The molecule has 0 aliphatic heterocycles. The van der Waals surface area contributed by atoms with Crippen LogP contribution in [0.5, 0.6) is 0 Å². The maximum Gasteiger partial charge on any atom is 0.187 e. The van der Waals surface area contributed by atoms with E-state index in [1.54, 1.807) is 18.3 Å². The number of para-hydroxylation sites is 1. The molecular formula is C24H21FN4S. The molecule has 3 aromatic carbocycles. The highest BCUT2D eigenvalue weighted by Gasteiger charge is 2.09. The van der Waals surface area contributed by atoms with E-state index in [1.165, 1.54) is 6.07 Å². The van der Waals surface area contributed by atoms with Crippen molar-refractivity contribution in [1.29, 1.82) is 0 Å². The average molecular weight is 417 g/mol. The molecule has 0 saturated heterocycles. The van der Waals surface area contributed by atoms with Gasteiger partial charge in [0.25, 0.3) is 0 Å². The molecule has 0 radical (unpaired) electrons. The van der Waals surface area contributed by atoms with Crippen molar-refractivity contribution in [2.45, 2.75) is 13.1 Å². The first kappa shape index (κ1) is 19.8. The molecule has 6 heteroatoms. The summed E-state index contributed by atoms with van der Waals surface area (Å²) in [6, 6.07) is 24.9. The fraction of sp³-hybridized carbons (Fsp3) is 0.0833. The van der Waals surface area contributed by atoms with Crippen molar-refractivity contribution in [3.63, 3.8) is 0 Å². The van der Waals surface area contributed by atoms with Crippen LogP contribution in [0.25, 0.3) is 10.9 Å². The maximum absolute atomic E-state index is 14.1. The molecule has 1 aromatic heterocycles. The third kappa shape index (κ3) is 4.72. The number of aromatic nitrogens is 1. The van der Waals surface area contributed by atoms with E-state index >= 15 is 0 Å². The van der Waals surface area contributed by atoms with Crippen LogP contribution in [-0.2, 0) is 13.1 Å². The molecule has 0 fully saturated rings. The minimum atomic E-state index is -0.206. The van der Waals surface area contributed by atoms with Gasteiger partial charge in [0.2, 0.25) is 0 Å². The van der Waals surface area contributed by atoms with Gasteiger partial charge in [-0.2, -0.15) is 5.10 Å². The molecule has 4 aromatic rings. The largest absolute Gasteiger partial charge is 0.357 e. The number of rotatable bonds is 6. The van der Waals surface area contributed by atoms with E-state index in [9.17, 15) is 4.39 Å². The fourth-order valence-corrected chi connectivity index (χ4v) is 3.42. The topological polar surface area (TPSA) is 41.4 Å². The molecule has 2 N–H and O–H groups in total. The quantitative estimate of drug-likeness (QED) is 0.269. The fourth-order valence-electron chi connectivity index (χ4n) is 3.30. The standard InChI is InChI=1S/C24H21FN4S/c25-22-12-6-4-10-19(22)16-29-17-20(21-11-5-7-13-23(21)29)15-27-28-24(30)26-14-18-8-2-1-3-9-18/h1-13,15,17H,14,16H2,(H2,26,28,30)/b27-15+. The summed E-state index contributed by atoms with van der Waals surface area (Å²) in [5, 5.41) is 8.90. The Morgan fingerprint density at radius 1 is 0.967 bits per heavy atom. The third-order valence-corrected chi connectivity index (χ3v) is 5.02. The van der Waals surface area contributed by atoms with Crippen molar-refractivity contribution in [3.8, 4) is 0 Å². The molecule has 0 spiro atoms. The van der Waals surface area contributed by atoms with E-state index < -0.39 is 0 Å². The highest BCUT2D eigenvalue weighted by molar-refractivity contribution is 7.80. The summed E-state index contributed by atoms with van der Waals surface area (Å²) in [4.78, 5) is 0. The summed E-state index contributed by atoms with van der Waals surface area (Å²) in [7, 11) is 0. The van der Waals surface area contributed by atoms with Crippen LogP contribution in [0.4, 0.5) is 4.39 Å². The number of halogens is 1. The lowest BCUT2D eigenvalue weighted by atomic mass is 10.2. The van der Waals surface area contributed by atoms with Crippen molar-refractivity contribution in [1.82, 2.24) is 15.3 Å². The first-order chi connectivity index (χ1) is 14.7. The lowest BCUT2D eigenvalue weighted by molar-refractivity contribution is 0.602. The molecule has 4 rings (SSSR count). The Labute approximate surface area is 180 Å². The zero-order valence-electron chi connectivity index (χ0n) is 16.3. The van der Waals surface area contributed by atoms with Gasteiger partial charge in [0, 0.05) is 34.8 Å². The van der Waals surface area contributed by atoms with Crippen LogP contribution in [0.2, 0.25) is 0 Å². The Bertz CT molecular complexity index is 1180. The molecule has 0 bridgehead atoms. The smallest absolute Gasteiger partial charge is 0.187 e. The number of nitrogens with zero attached hydrogens (tertiary/aromatic N) is 2. The first-order valence-electron chi connectivity index (χ1n) is 9.63. The highest BCUT2D eigenvalue weighted by Crippen LogP contribution is 2.22. The molecule has 0 atom stereocenters. The molecule has 0 aliphatic rings. The molecular weight excluding hydrogens is 395 g/mol. The Hall–Kier alpha value is -3.51. The van der Waals surface area contributed by atoms with Gasteiger partial charge in [-0.05, 0) is 29.9 Å². The van der Waals surface area contributed by atoms with Crippen molar-refractivity contribution in [2.24, 2.45) is 5.10 Å². The molecule has 4 nitrogen and oxygen atoms in total. The monoisotopic (exact) mass is 416 g/mol. The van der Waals surface area contributed by atoms with E-state index in [2.05, 4.69) is 15.8 Å². The number of nitrogens with one attached hydrogen (secondary N) is 2. The SMILES string of the molecule is Fc1ccccc1Cn1cc(/C=N/NC(=S)NCc2ccccc2)c2ccccc21. The van der Waals surface area contributed by atoms with Crippen LogP contribution in [0.3, 0.4) is 0 Å². The Morgan fingerprint density at radius 2 is 1.70 bits per heavy atom. The van der Waals surface area contributed by atoms with Gasteiger partial charge in [-0.3, -0.25) is 5.43 Å². The average Bonchev–Trinajstić information content (AvgIpc) is 3.12. The zero-order valence-corrected chi connectivity index (χ0v) is 17.1. The number of fused-ring (bicyclic) bond motifs is 1. The molecule has 0 saturated carbocycles. The second-order valence-electron chi connectivity index (χ2n) is 6.86. The van der Waals surface area contributed by atoms with Crippen LogP contribution >= 0.6 is 12.2 Å². The molecule has 1 heterocycles. The van der Waals surface area contributed by atoms with Gasteiger partial charge in [0.05, 0.1) is 12.8 Å². The summed E-state index contributed by atoms with van der Waals surface area (Å²) in [5.41, 5.74) is 6.59. The minimum Gasteiger partial charge on any atom is -0.357 e. The van der Waals surface area contributed by atoms with Crippen LogP contribution in [0.1, 0.15) is 16.7 Å². The number of hydrogen-bond acceptors (Lipinski definition) is 2. The van der Waals surface area contributed by atoms with Gasteiger partial charge < -0.3 is 9.88 Å². The third-order valence-electron chi connectivity index (χ3n) is 4.78. The summed E-state index contributed by atoms with van der Waals surface area (Å²) in [6.07, 6.45) is 3.71. The Balaban J connectivity index is 1.46. The number of hydrogen-bond donors (Lipinski definition) is 2. The summed E-state index contributed by atoms with van der Waals surface area (Å²) >= 11 is 5.29. The van der Waals surface area contributed by atoms with Gasteiger partial charge in [-0.1, -0.05) is 66.7 Å². The predicted molar refractivity (Wildman–Crippen MR) is 124 cm³/mol. The number of hydrazone groups is 1. The van der Waals surface area contributed by atoms with Crippen molar-refractivity contribution < 1.29 is 4.39 Å². The Kier molecular flexibility index (Phi) is 6.15. The van der Waals surface area contributed by atoms with Crippen LogP contribution in [0, 0.1) is 5.82 Å². The summed E-state index contributed by atoms with van der Waals surface area (Å²) in [6.45, 7) is 1.08. The molecule has 30 heavy (non-hydrogen) atoms. The van der Waals surface area contributed by atoms with Crippen LogP contribution < -0.4 is 10.7 Å². The van der Waals surface area contributed by atoms with Gasteiger partial charge in [0.1, 0.15) is 5.82 Å². The van der Waals surface area contributed by atoms with Gasteiger partial charge in [0.15, 0.2) is 5.11 Å². The van der Waals surface area contributed by atoms with E-state index in [4.69, 9.17) is 12.2 Å². The van der Waals surface area contributed by atoms with E-state index in [0.717, 1.165) is 22.0 Å². The van der Waals surface area contributed by atoms with E-state index in [0.29, 0.717) is 23.8 Å². The van der Waals surface area contributed by atoms with Gasteiger partial charge in [-0.25, -0.2) is 4.39 Å². The lowest BCUT2D eigenvalue weighted by Crippen LogP contribution is -2.31. The molecule has 0 aliphatic carbocycles. The lowest BCUT2D eigenvalue weighted by Gasteiger charge is -2.06. The normalized spacial score (nSPS) is 11.1. The molecule has 0 unspecified atom stereocenters. The number of benzene rings is 3. The van der Waals surface area contributed by atoms with E-state index in [-0.39, 0.29) is 5.82 Å². The predicted octanol–water partition coefficient (Wildman–Crippen LogP) is 4.83. The van der Waals surface area contributed by atoms with Crippen LogP contribution in [-0.4, -0.2) is 15.9 Å². The highest BCUT2D eigenvalue weighted by atomic mass is 32.1. The van der Waals surface area contributed by atoms with Gasteiger partial charge >= 0.3 is 0 Å². The summed E-state index contributed by atoms with van der Waals surface area (Å²) in [5.74, 6) is -0.206. The second kappa shape index (κ2) is 9.33. The van der Waals surface area contributed by atoms with Crippen molar-refractivity contribution in [2.75, 3.05) is 0 Å². The van der Waals surface area contributed by atoms with Crippen molar-refractivity contribution in [3.05, 3.63) is 108 Å². The summed E-state index contributed by atoms with van der Waals surface area (Å²) < 4.78 is 16.1. The minimum absolute atomic E-state index is 0.206. The maximum atomic E-state index is 14.1. The van der Waals surface area contributed by atoms with E-state index in [1.807, 2.05) is 71.4 Å². The molecule has 0 amide bonds. The zero-order chi connectivity index (χ0) is 20.8. The molecule has 150 valence electrons. The van der Waals surface area contributed by atoms with Crippen LogP contribution in [0.15, 0.2) is 90.2 Å². The first-order valence-corrected chi connectivity index (χ1v) is 10.0.